The first-order chi connectivity index (χ1) is 8.33. The van der Waals surface area contributed by atoms with Gasteiger partial charge in [-0.2, -0.15) is 17.2 Å². The molecule has 18 heavy (non-hydrogen) atoms. The average molecular weight is 284 g/mol. The van der Waals surface area contributed by atoms with E-state index < -0.39 is 16.2 Å². The van der Waals surface area contributed by atoms with Crippen LogP contribution in [0.15, 0.2) is 11.7 Å². The first kappa shape index (κ1) is 17.5. The lowest BCUT2D eigenvalue weighted by Crippen LogP contribution is -2.03. The monoisotopic (exact) mass is 284 g/mol. The van der Waals surface area contributed by atoms with Crippen molar-refractivity contribution in [2.24, 2.45) is 0 Å². The minimum Gasteiger partial charge on any atom is -0.270 e. The highest BCUT2D eigenvalue weighted by molar-refractivity contribution is 7.85. The summed E-state index contributed by atoms with van der Waals surface area (Å²) in [6.07, 6.45) is 5.22. The summed E-state index contributed by atoms with van der Waals surface area (Å²) in [5, 5.41) is 0. The Hall–Kier alpha value is -0.490. The summed E-state index contributed by atoms with van der Waals surface area (Å²) in [5.74, 6) is 0. The SMILES string of the molecule is CC(CCCCCCCCOS(C)(=O)=O)=C(F)F. The van der Waals surface area contributed by atoms with Crippen molar-refractivity contribution in [3.05, 3.63) is 11.7 Å². The molecular weight excluding hydrogens is 262 g/mol. The molecule has 0 aliphatic rings. The van der Waals surface area contributed by atoms with E-state index in [2.05, 4.69) is 4.18 Å². The van der Waals surface area contributed by atoms with Gasteiger partial charge in [0.05, 0.1) is 12.9 Å². The van der Waals surface area contributed by atoms with Gasteiger partial charge in [-0.05, 0) is 31.8 Å². The molecule has 0 saturated heterocycles. The first-order valence-electron chi connectivity index (χ1n) is 6.18. The molecule has 0 atom stereocenters. The molecule has 0 unspecified atom stereocenters. The molecule has 6 heteroatoms. The molecule has 0 bridgehead atoms. The molecule has 0 aliphatic carbocycles. The van der Waals surface area contributed by atoms with Crippen LogP contribution in [0, 0.1) is 0 Å². The van der Waals surface area contributed by atoms with Crippen molar-refractivity contribution in [2.75, 3.05) is 12.9 Å². The zero-order valence-corrected chi connectivity index (χ0v) is 11.9. The van der Waals surface area contributed by atoms with Gasteiger partial charge in [0.2, 0.25) is 0 Å². The third-order valence-electron chi connectivity index (χ3n) is 2.57. The number of halogens is 2. The van der Waals surface area contributed by atoms with Crippen molar-refractivity contribution in [2.45, 2.75) is 51.9 Å². The van der Waals surface area contributed by atoms with Gasteiger partial charge < -0.3 is 0 Å². The van der Waals surface area contributed by atoms with Gasteiger partial charge in [-0.1, -0.05) is 25.7 Å². The standard InChI is InChI=1S/C12H22F2O3S/c1-11(12(13)14)9-7-5-3-4-6-8-10-17-18(2,15)16/h3-10H2,1-2H3. The zero-order valence-electron chi connectivity index (χ0n) is 11.0. The maximum atomic E-state index is 12.1. The van der Waals surface area contributed by atoms with Gasteiger partial charge in [0.1, 0.15) is 0 Å². The summed E-state index contributed by atoms with van der Waals surface area (Å²) in [4.78, 5) is 0. The number of hydrogen-bond donors (Lipinski definition) is 0. The number of unbranched alkanes of at least 4 members (excludes halogenated alkanes) is 5. The third kappa shape index (κ3) is 12.0. The Balaban J connectivity index is 3.30. The van der Waals surface area contributed by atoms with E-state index in [-0.39, 0.29) is 12.2 Å². The van der Waals surface area contributed by atoms with Crippen LogP contribution in [0.2, 0.25) is 0 Å². The zero-order chi connectivity index (χ0) is 14.0. The minimum atomic E-state index is -3.32. The molecule has 0 rings (SSSR count). The summed E-state index contributed by atoms with van der Waals surface area (Å²) in [6.45, 7) is 1.69. The molecule has 0 radical (unpaired) electrons. The fourth-order valence-corrected chi connectivity index (χ4v) is 1.92. The smallest absolute Gasteiger partial charge is 0.269 e. The Morgan fingerprint density at radius 3 is 2.00 bits per heavy atom. The van der Waals surface area contributed by atoms with Gasteiger partial charge in [-0.25, -0.2) is 0 Å². The maximum Gasteiger partial charge on any atom is 0.269 e. The van der Waals surface area contributed by atoms with Gasteiger partial charge in [0.15, 0.2) is 0 Å². The molecule has 3 nitrogen and oxygen atoms in total. The summed E-state index contributed by atoms with van der Waals surface area (Å²) < 4.78 is 50.0. The van der Waals surface area contributed by atoms with E-state index in [0.717, 1.165) is 38.4 Å². The topological polar surface area (TPSA) is 43.4 Å². The molecule has 0 spiro atoms. The van der Waals surface area contributed by atoms with E-state index in [0.29, 0.717) is 12.8 Å². The summed E-state index contributed by atoms with van der Waals surface area (Å²) in [5.41, 5.74) is 0.177. The Morgan fingerprint density at radius 1 is 1.00 bits per heavy atom. The van der Waals surface area contributed by atoms with Crippen molar-refractivity contribution < 1.29 is 21.4 Å². The summed E-state index contributed by atoms with van der Waals surface area (Å²) in [7, 11) is -3.32. The van der Waals surface area contributed by atoms with Crippen LogP contribution < -0.4 is 0 Å². The molecule has 0 N–H and O–H groups in total. The van der Waals surface area contributed by atoms with Gasteiger partial charge in [-0.3, -0.25) is 4.18 Å². The lowest BCUT2D eigenvalue weighted by molar-refractivity contribution is 0.309. The largest absolute Gasteiger partial charge is 0.270 e. The molecule has 0 saturated carbocycles. The van der Waals surface area contributed by atoms with E-state index in [1.807, 2.05) is 0 Å². The molecule has 0 aliphatic heterocycles. The lowest BCUT2D eigenvalue weighted by Gasteiger charge is -2.03. The Morgan fingerprint density at radius 2 is 1.50 bits per heavy atom. The van der Waals surface area contributed by atoms with E-state index in [1.165, 1.54) is 6.92 Å². The number of rotatable bonds is 10. The lowest BCUT2D eigenvalue weighted by atomic mass is 10.1. The van der Waals surface area contributed by atoms with E-state index in [1.54, 1.807) is 0 Å². The highest BCUT2D eigenvalue weighted by Crippen LogP contribution is 2.15. The van der Waals surface area contributed by atoms with Crippen LogP contribution in [0.25, 0.3) is 0 Å². The van der Waals surface area contributed by atoms with E-state index >= 15 is 0 Å². The van der Waals surface area contributed by atoms with Crippen LogP contribution in [0.3, 0.4) is 0 Å². The van der Waals surface area contributed by atoms with Crippen molar-refractivity contribution in [1.82, 2.24) is 0 Å². The second kappa shape index (κ2) is 9.44. The van der Waals surface area contributed by atoms with Crippen LogP contribution in [-0.2, 0) is 14.3 Å². The molecule has 0 aromatic heterocycles. The van der Waals surface area contributed by atoms with Crippen molar-refractivity contribution in [3.8, 4) is 0 Å². The van der Waals surface area contributed by atoms with E-state index in [9.17, 15) is 17.2 Å². The van der Waals surface area contributed by atoms with Gasteiger partial charge in [-0.15, -0.1) is 0 Å². The Labute approximate surface area is 108 Å². The first-order valence-corrected chi connectivity index (χ1v) is 7.99. The molecule has 0 amide bonds. The van der Waals surface area contributed by atoms with Crippen molar-refractivity contribution >= 4 is 10.1 Å². The van der Waals surface area contributed by atoms with Gasteiger partial charge >= 0.3 is 0 Å². The molecule has 0 aromatic carbocycles. The Kier molecular flexibility index (Phi) is 9.18. The second-order valence-electron chi connectivity index (χ2n) is 4.44. The Bertz CT molecular complexity index is 346. The summed E-state index contributed by atoms with van der Waals surface area (Å²) in [6, 6.07) is 0. The maximum absolute atomic E-state index is 12.1. The number of allylic oxidation sites excluding steroid dienone is 1. The molecular formula is C12H22F2O3S. The second-order valence-corrected chi connectivity index (χ2v) is 6.08. The van der Waals surface area contributed by atoms with Gasteiger partial charge in [0.25, 0.3) is 16.2 Å². The normalized spacial score (nSPS) is 11.6. The molecule has 0 aromatic rings. The van der Waals surface area contributed by atoms with Crippen molar-refractivity contribution in [3.63, 3.8) is 0 Å². The number of hydrogen-bond acceptors (Lipinski definition) is 3. The van der Waals surface area contributed by atoms with Crippen molar-refractivity contribution in [1.29, 1.82) is 0 Å². The van der Waals surface area contributed by atoms with Crippen LogP contribution in [0.1, 0.15) is 51.9 Å². The van der Waals surface area contributed by atoms with Gasteiger partial charge in [0, 0.05) is 0 Å². The van der Waals surface area contributed by atoms with Crippen LogP contribution in [0.4, 0.5) is 8.78 Å². The average Bonchev–Trinajstić information content (AvgIpc) is 2.24. The van der Waals surface area contributed by atoms with Crippen LogP contribution >= 0.6 is 0 Å². The van der Waals surface area contributed by atoms with Crippen LogP contribution in [-0.4, -0.2) is 21.3 Å². The minimum absolute atomic E-state index is 0.177. The van der Waals surface area contributed by atoms with Crippen LogP contribution in [0.5, 0.6) is 0 Å². The molecule has 0 heterocycles. The highest BCUT2D eigenvalue weighted by atomic mass is 32.2. The third-order valence-corrected chi connectivity index (χ3v) is 3.16. The predicted octanol–water partition coefficient (Wildman–Crippen LogP) is 3.86. The predicted molar refractivity (Wildman–Crippen MR) is 68.0 cm³/mol. The summed E-state index contributed by atoms with van der Waals surface area (Å²) >= 11 is 0. The fraction of sp³-hybridized carbons (Fsp3) is 0.833. The fourth-order valence-electron chi connectivity index (χ4n) is 1.50. The molecule has 0 fully saturated rings. The molecule has 108 valence electrons. The van der Waals surface area contributed by atoms with E-state index in [4.69, 9.17) is 0 Å². The quantitative estimate of drug-likeness (QED) is 0.452. The highest BCUT2D eigenvalue weighted by Gasteiger charge is 2.01.